The van der Waals surface area contributed by atoms with Gasteiger partial charge in [0, 0.05) is 19.2 Å². The Morgan fingerprint density at radius 2 is 1.85 bits per heavy atom. The summed E-state index contributed by atoms with van der Waals surface area (Å²) in [5, 5.41) is 22.7. The van der Waals surface area contributed by atoms with Crippen LogP contribution in [0, 0.1) is 0 Å². The summed E-state index contributed by atoms with van der Waals surface area (Å²) in [6.07, 6.45) is -0.497. The fraction of sp³-hybridized carbons (Fsp3) is 0.308. The average molecular weight is 280 g/mol. The number of hydrogen-bond donors (Lipinski definition) is 4. The van der Waals surface area contributed by atoms with Gasteiger partial charge in [-0.1, -0.05) is 12.1 Å². The molecule has 0 saturated carbocycles. The molecule has 0 unspecified atom stereocenters. The molecule has 1 aromatic rings. The molecule has 7 heteroatoms. The van der Waals surface area contributed by atoms with Crippen molar-refractivity contribution in [2.75, 3.05) is 12.4 Å². The van der Waals surface area contributed by atoms with Gasteiger partial charge in [0.05, 0.1) is 5.56 Å². The van der Waals surface area contributed by atoms with Crippen molar-refractivity contribution in [1.82, 2.24) is 5.32 Å². The zero-order valence-electron chi connectivity index (χ0n) is 10.9. The summed E-state index contributed by atoms with van der Waals surface area (Å²) in [6, 6.07) is 5.40. The number of carboxylic acids is 2. The van der Waals surface area contributed by atoms with Gasteiger partial charge in [-0.15, -0.1) is 0 Å². The van der Waals surface area contributed by atoms with Crippen LogP contribution in [0.2, 0.25) is 0 Å². The minimum atomic E-state index is -1.26. The maximum absolute atomic E-state index is 12.0. The molecule has 0 aliphatic rings. The Hall–Kier alpha value is -2.57. The van der Waals surface area contributed by atoms with Crippen LogP contribution in [0.5, 0.6) is 0 Å². The van der Waals surface area contributed by atoms with Crippen LogP contribution in [0.3, 0.4) is 0 Å². The Morgan fingerprint density at radius 1 is 1.20 bits per heavy atom. The summed E-state index contributed by atoms with van der Waals surface area (Å²) in [6.45, 7) is 0. The first kappa shape index (κ1) is 15.5. The Labute approximate surface area is 115 Å². The first-order valence-corrected chi connectivity index (χ1v) is 5.98. The quantitative estimate of drug-likeness (QED) is 0.586. The van der Waals surface area contributed by atoms with Crippen molar-refractivity contribution in [3.63, 3.8) is 0 Å². The topological polar surface area (TPSA) is 116 Å². The van der Waals surface area contributed by atoms with Crippen LogP contribution in [0.4, 0.5) is 5.69 Å². The number of carbonyl (C=O) groups is 3. The molecule has 7 nitrogen and oxygen atoms in total. The van der Waals surface area contributed by atoms with Crippen LogP contribution in [0.15, 0.2) is 24.3 Å². The molecule has 0 aromatic heterocycles. The van der Waals surface area contributed by atoms with Crippen LogP contribution in [-0.4, -0.2) is 41.1 Å². The Kier molecular flexibility index (Phi) is 5.52. The van der Waals surface area contributed by atoms with E-state index < -0.39 is 23.9 Å². The smallest absolute Gasteiger partial charge is 0.326 e. The second-order valence-electron chi connectivity index (χ2n) is 4.09. The van der Waals surface area contributed by atoms with E-state index in [0.29, 0.717) is 11.3 Å². The summed E-state index contributed by atoms with van der Waals surface area (Å²) in [5.74, 6) is -2.93. The minimum absolute atomic E-state index is 0.169. The maximum Gasteiger partial charge on any atom is 0.326 e. The largest absolute Gasteiger partial charge is 0.481 e. The SMILES string of the molecule is CNc1ccccc1C(=O)N[C@@H](CCC(=O)O)C(=O)O. The molecule has 0 bridgehead atoms. The number of rotatable bonds is 7. The van der Waals surface area contributed by atoms with Crippen molar-refractivity contribution in [1.29, 1.82) is 0 Å². The molecule has 0 aliphatic heterocycles. The molecule has 20 heavy (non-hydrogen) atoms. The fourth-order valence-electron chi connectivity index (χ4n) is 1.66. The van der Waals surface area contributed by atoms with Gasteiger partial charge in [-0.3, -0.25) is 9.59 Å². The molecule has 0 saturated heterocycles. The van der Waals surface area contributed by atoms with Gasteiger partial charge in [0.2, 0.25) is 0 Å². The predicted molar refractivity (Wildman–Crippen MR) is 71.7 cm³/mol. The standard InChI is InChI=1S/C13H16N2O5/c1-14-9-5-3-2-4-8(9)12(18)15-10(13(19)20)6-7-11(16)17/h2-5,10,14H,6-7H2,1H3,(H,15,18)(H,16,17)(H,19,20)/t10-/m0/s1. The van der Waals surface area contributed by atoms with E-state index in [-0.39, 0.29) is 12.8 Å². The lowest BCUT2D eigenvalue weighted by Gasteiger charge is -2.15. The molecule has 1 aromatic carbocycles. The fourth-order valence-corrected chi connectivity index (χ4v) is 1.66. The van der Waals surface area contributed by atoms with Gasteiger partial charge in [0.1, 0.15) is 6.04 Å². The molecule has 0 aliphatic carbocycles. The van der Waals surface area contributed by atoms with E-state index in [2.05, 4.69) is 10.6 Å². The number of carboxylic acid groups (broad SMARTS) is 2. The van der Waals surface area contributed by atoms with Gasteiger partial charge in [0.15, 0.2) is 0 Å². The predicted octanol–water partition coefficient (Wildman–Crippen LogP) is 0.776. The lowest BCUT2D eigenvalue weighted by atomic mass is 10.1. The van der Waals surface area contributed by atoms with Crippen molar-refractivity contribution < 1.29 is 24.6 Å². The molecular weight excluding hydrogens is 264 g/mol. The zero-order chi connectivity index (χ0) is 15.1. The van der Waals surface area contributed by atoms with Gasteiger partial charge in [-0.25, -0.2) is 4.79 Å². The molecule has 0 radical (unpaired) electrons. The summed E-state index contributed by atoms with van der Waals surface area (Å²) >= 11 is 0. The number of anilines is 1. The third-order valence-corrected chi connectivity index (χ3v) is 2.69. The third kappa shape index (κ3) is 4.27. The summed E-state index contributed by atoms with van der Waals surface area (Å²) in [4.78, 5) is 33.5. The van der Waals surface area contributed by atoms with Crippen molar-refractivity contribution in [3.8, 4) is 0 Å². The highest BCUT2D eigenvalue weighted by Gasteiger charge is 2.22. The van der Waals surface area contributed by atoms with Crippen LogP contribution >= 0.6 is 0 Å². The van der Waals surface area contributed by atoms with Gasteiger partial charge in [-0.2, -0.15) is 0 Å². The van der Waals surface area contributed by atoms with Crippen molar-refractivity contribution in [2.45, 2.75) is 18.9 Å². The Morgan fingerprint density at radius 3 is 2.40 bits per heavy atom. The van der Waals surface area contributed by atoms with Crippen LogP contribution in [0.25, 0.3) is 0 Å². The zero-order valence-corrected chi connectivity index (χ0v) is 10.9. The number of amides is 1. The number of carbonyl (C=O) groups excluding carboxylic acids is 1. The van der Waals surface area contributed by atoms with Gasteiger partial charge in [-0.05, 0) is 18.6 Å². The van der Waals surface area contributed by atoms with E-state index in [1.165, 1.54) is 0 Å². The molecule has 108 valence electrons. The highest BCUT2D eigenvalue weighted by atomic mass is 16.4. The molecule has 0 fully saturated rings. The number of hydrogen-bond acceptors (Lipinski definition) is 4. The van der Waals surface area contributed by atoms with Crippen molar-refractivity contribution in [3.05, 3.63) is 29.8 Å². The molecular formula is C13H16N2O5. The molecule has 1 atom stereocenters. The van der Waals surface area contributed by atoms with Crippen molar-refractivity contribution >= 4 is 23.5 Å². The normalized spacial score (nSPS) is 11.4. The van der Waals surface area contributed by atoms with Gasteiger partial charge >= 0.3 is 11.9 Å². The third-order valence-electron chi connectivity index (χ3n) is 2.69. The average Bonchev–Trinajstić information content (AvgIpc) is 2.42. The van der Waals surface area contributed by atoms with Crippen LogP contribution in [-0.2, 0) is 9.59 Å². The van der Waals surface area contributed by atoms with Crippen LogP contribution in [0.1, 0.15) is 23.2 Å². The Bertz CT molecular complexity index is 515. The minimum Gasteiger partial charge on any atom is -0.481 e. The first-order valence-electron chi connectivity index (χ1n) is 5.98. The highest BCUT2D eigenvalue weighted by Crippen LogP contribution is 2.14. The molecule has 0 spiro atoms. The van der Waals surface area contributed by atoms with E-state index in [1.807, 2.05) is 0 Å². The maximum atomic E-state index is 12.0. The first-order chi connectivity index (χ1) is 9.45. The van der Waals surface area contributed by atoms with Crippen molar-refractivity contribution in [2.24, 2.45) is 0 Å². The second-order valence-corrected chi connectivity index (χ2v) is 4.09. The summed E-state index contributed by atoms with van der Waals surface area (Å²) < 4.78 is 0. The van der Waals surface area contributed by atoms with E-state index >= 15 is 0 Å². The lowest BCUT2D eigenvalue weighted by molar-refractivity contribution is -0.140. The van der Waals surface area contributed by atoms with Gasteiger partial charge in [0.25, 0.3) is 5.91 Å². The molecule has 4 N–H and O–H groups in total. The second kappa shape index (κ2) is 7.13. The number of benzene rings is 1. The lowest BCUT2D eigenvalue weighted by Crippen LogP contribution is -2.41. The van der Waals surface area contributed by atoms with Gasteiger partial charge < -0.3 is 20.8 Å². The monoisotopic (exact) mass is 280 g/mol. The highest BCUT2D eigenvalue weighted by molar-refractivity contribution is 6.01. The number of para-hydroxylation sites is 1. The Balaban J connectivity index is 2.80. The number of nitrogens with one attached hydrogen (secondary N) is 2. The molecule has 1 rings (SSSR count). The number of aliphatic carboxylic acids is 2. The summed E-state index contributed by atoms with van der Waals surface area (Å²) in [5.41, 5.74) is 0.865. The van der Waals surface area contributed by atoms with E-state index in [4.69, 9.17) is 10.2 Å². The van der Waals surface area contributed by atoms with E-state index in [9.17, 15) is 14.4 Å². The van der Waals surface area contributed by atoms with Crippen LogP contribution < -0.4 is 10.6 Å². The molecule has 1 amide bonds. The summed E-state index contributed by atoms with van der Waals surface area (Å²) in [7, 11) is 1.64. The molecule has 0 heterocycles. The van der Waals surface area contributed by atoms with E-state index in [0.717, 1.165) is 0 Å². The van der Waals surface area contributed by atoms with E-state index in [1.54, 1.807) is 31.3 Å².